The molecule has 6 atom stereocenters. The van der Waals surface area contributed by atoms with Crippen LogP contribution in [0.1, 0.15) is 6.42 Å². The van der Waals surface area contributed by atoms with Crippen molar-refractivity contribution >= 4 is 0 Å². The molecule has 0 aromatic heterocycles. The number of nitriles is 2. The highest BCUT2D eigenvalue weighted by Gasteiger charge is 2.67. The monoisotopic (exact) mass is 160 g/mol. The zero-order valence-electron chi connectivity index (χ0n) is 6.47. The average molecular weight is 160 g/mol. The standard InChI is InChI=1S/C9H8N2O/c10-2-6-4-1-5(7(6)3-11)9-8(4)12-9/h4-9H,1H2/t4-,5+,6-,7-,8-,9-/m1/s1. The molecule has 60 valence electrons. The van der Waals surface area contributed by atoms with Gasteiger partial charge in [0.15, 0.2) is 0 Å². The molecule has 3 rings (SSSR count). The molecule has 3 nitrogen and oxygen atoms in total. The summed E-state index contributed by atoms with van der Waals surface area (Å²) in [5, 5.41) is 17.7. The summed E-state index contributed by atoms with van der Waals surface area (Å²) >= 11 is 0. The molecule has 0 spiro atoms. The second kappa shape index (κ2) is 1.81. The van der Waals surface area contributed by atoms with Gasteiger partial charge in [-0.1, -0.05) is 0 Å². The highest BCUT2D eigenvalue weighted by atomic mass is 16.6. The predicted octanol–water partition coefficient (Wildman–Crippen LogP) is 0.683. The highest BCUT2D eigenvalue weighted by Crippen LogP contribution is 2.61. The van der Waals surface area contributed by atoms with Gasteiger partial charge in [-0.25, -0.2) is 0 Å². The Bertz CT molecular complexity index is 283. The summed E-state index contributed by atoms with van der Waals surface area (Å²) in [5.74, 6) is 0.636. The fraction of sp³-hybridized carbons (Fsp3) is 0.778. The predicted molar refractivity (Wildman–Crippen MR) is 38.5 cm³/mol. The van der Waals surface area contributed by atoms with Gasteiger partial charge in [0.25, 0.3) is 0 Å². The molecule has 2 saturated carbocycles. The van der Waals surface area contributed by atoms with Crippen LogP contribution in [0, 0.1) is 46.3 Å². The minimum absolute atomic E-state index is 0.0521. The van der Waals surface area contributed by atoms with Gasteiger partial charge in [-0.15, -0.1) is 0 Å². The van der Waals surface area contributed by atoms with Gasteiger partial charge in [0.05, 0.1) is 36.2 Å². The van der Waals surface area contributed by atoms with Crippen LogP contribution < -0.4 is 0 Å². The summed E-state index contributed by atoms with van der Waals surface area (Å²) in [4.78, 5) is 0. The van der Waals surface area contributed by atoms with E-state index in [-0.39, 0.29) is 11.8 Å². The first kappa shape index (κ1) is 6.46. The van der Waals surface area contributed by atoms with Crippen molar-refractivity contribution in [3.63, 3.8) is 0 Å². The lowest BCUT2D eigenvalue weighted by atomic mass is 9.81. The molecule has 1 aliphatic heterocycles. The summed E-state index contributed by atoms with van der Waals surface area (Å²) in [7, 11) is 0. The Morgan fingerprint density at radius 1 is 1.00 bits per heavy atom. The Morgan fingerprint density at radius 3 is 1.92 bits per heavy atom. The maximum atomic E-state index is 8.87. The van der Waals surface area contributed by atoms with Crippen molar-refractivity contribution in [1.82, 2.24) is 0 Å². The highest BCUT2D eigenvalue weighted by molar-refractivity contribution is 5.22. The van der Waals surface area contributed by atoms with Crippen molar-refractivity contribution in [2.24, 2.45) is 23.7 Å². The largest absolute Gasteiger partial charge is 0.369 e. The van der Waals surface area contributed by atoms with Crippen molar-refractivity contribution in [1.29, 1.82) is 10.5 Å². The Hall–Kier alpha value is -1.06. The van der Waals surface area contributed by atoms with Crippen LogP contribution in [0.4, 0.5) is 0 Å². The normalized spacial score (nSPS) is 58.8. The van der Waals surface area contributed by atoms with Crippen molar-refractivity contribution < 1.29 is 4.74 Å². The lowest BCUT2D eigenvalue weighted by Gasteiger charge is -2.15. The minimum Gasteiger partial charge on any atom is -0.369 e. The Morgan fingerprint density at radius 2 is 1.50 bits per heavy atom. The molecule has 0 aromatic rings. The van der Waals surface area contributed by atoms with Crippen LogP contribution in [0.5, 0.6) is 0 Å². The van der Waals surface area contributed by atoms with Gasteiger partial charge in [-0.2, -0.15) is 10.5 Å². The first-order valence-electron chi connectivity index (χ1n) is 4.31. The van der Waals surface area contributed by atoms with E-state index in [1.807, 2.05) is 0 Å². The maximum absolute atomic E-state index is 8.87. The molecule has 1 saturated heterocycles. The molecule has 12 heavy (non-hydrogen) atoms. The third-order valence-corrected chi connectivity index (χ3v) is 3.56. The molecular weight excluding hydrogens is 152 g/mol. The van der Waals surface area contributed by atoms with Crippen LogP contribution in [0.25, 0.3) is 0 Å². The molecule has 3 fully saturated rings. The molecule has 3 heteroatoms. The summed E-state index contributed by atoms with van der Waals surface area (Å²) in [6.07, 6.45) is 1.72. The first-order valence-corrected chi connectivity index (χ1v) is 4.31. The molecule has 0 radical (unpaired) electrons. The van der Waals surface area contributed by atoms with E-state index >= 15 is 0 Å². The number of epoxide rings is 1. The Labute approximate surface area is 70.5 Å². The molecule has 2 aliphatic carbocycles. The van der Waals surface area contributed by atoms with Crippen LogP contribution in [-0.4, -0.2) is 12.2 Å². The summed E-state index contributed by atoms with van der Waals surface area (Å²) in [6.45, 7) is 0. The van der Waals surface area contributed by atoms with E-state index in [1.165, 1.54) is 0 Å². The summed E-state index contributed by atoms with van der Waals surface area (Å²) in [5.41, 5.74) is 0. The van der Waals surface area contributed by atoms with E-state index in [4.69, 9.17) is 15.3 Å². The Kier molecular flexibility index (Phi) is 0.975. The summed E-state index contributed by atoms with van der Waals surface area (Å²) < 4.78 is 5.40. The van der Waals surface area contributed by atoms with E-state index < -0.39 is 0 Å². The van der Waals surface area contributed by atoms with Crippen LogP contribution in [0.2, 0.25) is 0 Å². The second-order valence-electron chi connectivity index (χ2n) is 3.94. The fourth-order valence-corrected chi connectivity index (χ4v) is 2.99. The molecule has 3 aliphatic rings. The quantitative estimate of drug-likeness (QED) is 0.489. The molecule has 0 amide bonds. The second-order valence-corrected chi connectivity index (χ2v) is 3.94. The van der Waals surface area contributed by atoms with Gasteiger partial charge in [0.1, 0.15) is 0 Å². The molecular formula is C9H8N2O. The number of nitrogens with zero attached hydrogens (tertiary/aromatic N) is 2. The number of ether oxygens (including phenoxy) is 1. The molecule has 0 unspecified atom stereocenters. The Balaban J connectivity index is 1.98. The van der Waals surface area contributed by atoms with Crippen LogP contribution in [-0.2, 0) is 4.74 Å². The SMILES string of the molecule is N#C[C@H]1[C@H](C#N)[C@@H]2C[C@H]1[C@H]1O[C@H]21. The van der Waals surface area contributed by atoms with Crippen molar-refractivity contribution in [3.05, 3.63) is 0 Å². The van der Waals surface area contributed by atoms with E-state index in [0.29, 0.717) is 24.0 Å². The zero-order chi connectivity index (χ0) is 8.29. The van der Waals surface area contributed by atoms with E-state index in [2.05, 4.69) is 12.1 Å². The number of hydrogen-bond donors (Lipinski definition) is 0. The minimum atomic E-state index is -0.0521. The van der Waals surface area contributed by atoms with E-state index in [9.17, 15) is 0 Å². The topological polar surface area (TPSA) is 60.1 Å². The average Bonchev–Trinajstić information content (AvgIpc) is 2.73. The molecule has 2 bridgehead atoms. The van der Waals surface area contributed by atoms with Crippen LogP contribution in [0.3, 0.4) is 0 Å². The third kappa shape index (κ3) is 0.519. The number of rotatable bonds is 0. The van der Waals surface area contributed by atoms with Crippen LogP contribution >= 0.6 is 0 Å². The zero-order valence-corrected chi connectivity index (χ0v) is 6.47. The maximum Gasteiger partial charge on any atom is 0.0886 e. The van der Waals surface area contributed by atoms with Gasteiger partial charge in [-0.3, -0.25) is 0 Å². The van der Waals surface area contributed by atoms with E-state index in [0.717, 1.165) is 6.42 Å². The van der Waals surface area contributed by atoms with Crippen molar-refractivity contribution in [3.8, 4) is 12.1 Å². The number of fused-ring (bicyclic) bond motifs is 5. The summed E-state index contributed by atoms with van der Waals surface area (Å²) in [6, 6.07) is 4.50. The molecule has 0 aromatic carbocycles. The lowest BCUT2D eigenvalue weighted by molar-refractivity contribution is 0.256. The van der Waals surface area contributed by atoms with Gasteiger partial charge in [0, 0.05) is 11.8 Å². The van der Waals surface area contributed by atoms with Gasteiger partial charge in [-0.05, 0) is 6.42 Å². The number of hydrogen-bond acceptors (Lipinski definition) is 3. The van der Waals surface area contributed by atoms with Crippen molar-refractivity contribution in [2.45, 2.75) is 18.6 Å². The molecule has 0 N–H and O–H groups in total. The lowest BCUT2D eigenvalue weighted by Crippen LogP contribution is -2.25. The van der Waals surface area contributed by atoms with Crippen LogP contribution in [0.15, 0.2) is 0 Å². The van der Waals surface area contributed by atoms with Crippen molar-refractivity contribution in [2.75, 3.05) is 0 Å². The first-order chi connectivity index (χ1) is 5.86. The molecule has 1 heterocycles. The smallest absolute Gasteiger partial charge is 0.0886 e. The fourth-order valence-electron chi connectivity index (χ4n) is 2.99. The van der Waals surface area contributed by atoms with Gasteiger partial charge < -0.3 is 4.74 Å². The van der Waals surface area contributed by atoms with Gasteiger partial charge >= 0.3 is 0 Å². The van der Waals surface area contributed by atoms with Gasteiger partial charge in [0.2, 0.25) is 0 Å². The third-order valence-electron chi connectivity index (χ3n) is 3.56. The van der Waals surface area contributed by atoms with E-state index in [1.54, 1.807) is 0 Å².